The average molecular weight is 299 g/mol. The maximum absolute atomic E-state index is 8.00. The summed E-state index contributed by atoms with van der Waals surface area (Å²) in [6, 6.07) is 0. The van der Waals surface area contributed by atoms with Crippen molar-refractivity contribution in [2.75, 3.05) is 0 Å². The van der Waals surface area contributed by atoms with E-state index in [-0.39, 0.29) is 19.5 Å². The molecule has 0 aromatic rings. The van der Waals surface area contributed by atoms with E-state index in [1.165, 1.54) is 19.3 Å². The van der Waals surface area contributed by atoms with Crippen LogP contribution >= 0.6 is 0 Å². The van der Waals surface area contributed by atoms with Crippen molar-refractivity contribution in [3.8, 4) is 0 Å². The minimum atomic E-state index is 0. The van der Waals surface area contributed by atoms with E-state index in [0.29, 0.717) is 0 Å². The number of rotatable bonds is 0. The molecule has 15 heavy (non-hydrogen) atoms. The van der Waals surface area contributed by atoms with Gasteiger partial charge in [-0.3, -0.25) is 0 Å². The zero-order chi connectivity index (χ0) is 11.7. The largest absolute Gasteiger partial charge is 0.307 e. The average Bonchev–Trinajstić information content (AvgIpc) is 2.26. The molecule has 1 rings (SSSR count). The second-order valence-corrected chi connectivity index (χ2v) is 2.11. The molecule has 0 radical (unpaired) electrons. The molecule has 0 heterocycles. The Kier molecular flexibility index (Phi) is 60.2. The van der Waals surface area contributed by atoms with E-state index in [9.17, 15) is 0 Å². The molecule has 1 aliphatic rings. The molecule has 0 atom stereocenters. The van der Waals surface area contributed by atoms with E-state index >= 15 is 0 Å². The second-order valence-electron chi connectivity index (χ2n) is 2.11. The van der Waals surface area contributed by atoms with Crippen molar-refractivity contribution >= 4 is 20.4 Å². The first-order valence-electron chi connectivity index (χ1n) is 4.17. The van der Waals surface area contributed by atoms with Gasteiger partial charge in [-0.25, -0.2) is 0 Å². The summed E-state index contributed by atoms with van der Waals surface area (Å²) >= 11 is 0. The van der Waals surface area contributed by atoms with Crippen molar-refractivity contribution in [3.63, 3.8) is 0 Å². The Labute approximate surface area is 104 Å². The summed E-state index contributed by atoms with van der Waals surface area (Å²) in [7, 11) is 0. The summed E-state index contributed by atoms with van der Waals surface area (Å²) in [6.45, 7) is 6.00. The molecular weight excluding hydrogens is 281 g/mol. The summed E-state index contributed by atoms with van der Waals surface area (Å²) in [5.74, 6) is 0. The van der Waals surface area contributed by atoms with Gasteiger partial charge in [-0.1, -0.05) is 24.3 Å². The van der Waals surface area contributed by atoms with Gasteiger partial charge in [0.25, 0.3) is 0 Å². The Hall–Kier alpha value is -0.887. The SMILES string of the molecule is C1=CCCC/C=C\C1.C=O.C=O.C=O.[Ru]. The van der Waals surface area contributed by atoms with Crippen molar-refractivity contribution in [1.82, 2.24) is 0 Å². The van der Waals surface area contributed by atoms with Gasteiger partial charge < -0.3 is 14.4 Å². The van der Waals surface area contributed by atoms with Gasteiger partial charge in [0.15, 0.2) is 0 Å². The zero-order valence-corrected chi connectivity index (χ0v) is 10.6. The van der Waals surface area contributed by atoms with Crippen LogP contribution in [0.4, 0.5) is 0 Å². The summed E-state index contributed by atoms with van der Waals surface area (Å²) in [6.07, 6.45) is 14.0. The van der Waals surface area contributed by atoms with Gasteiger partial charge in [0, 0.05) is 19.5 Å². The fourth-order valence-electron chi connectivity index (χ4n) is 0.860. The third-order valence-corrected chi connectivity index (χ3v) is 1.35. The molecule has 0 N–H and O–H groups in total. The molecule has 0 aromatic carbocycles. The predicted molar refractivity (Wildman–Crippen MR) is 58.1 cm³/mol. The van der Waals surface area contributed by atoms with E-state index in [0.717, 1.165) is 6.42 Å². The summed E-state index contributed by atoms with van der Waals surface area (Å²) in [5, 5.41) is 0. The molecule has 4 heteroatoms. The molecule has 0 bridgehead atoms. The van der Waals surface area contributed by atoms with Gasteiger partial charge in [0.1, 0.15) is 20.4 Å². The third kappa shape index (κ3) is 32.0. The van der Waals surface area contributed by atoms with Crippen LogP contribution in [-0.4, -0.2) is 20.4 Å². The van der Waals surface area contributed by atoms with Gasteiger partial charge >= 0.3 is 0 Å². The standard InChI is InChI=1S/C8H12.3CH2O.Ru/c1-2-4-6-8-7-5-3-1;3*1-2;/h1-2,5,7H,3-4,6,8H2;3*1H2;/b2-1-,7-5?;;;;. The van der Waals surface area contributed by atoms with Gasteiger partial charge in [-0.2, -0.15) is 0 Å². The van der Waals surface area contributed by atoms with Crippen LogP contribution < -0.4 is 0 Å². The predicted octanol–water partition coefficient (Wildman–Crippen LogP) is 2.12. The van der Waals surface area contributed by atoms with Crippen molar-refractivity contribution < 1.29 is 33.9 Å². The molecule has 0 aromatic heterocycles. The first kappa shape index (κ1) is 23.7. The Morgan fingerprint density at radius 2 is 1.00 bits per heavy atom. The first-order chi connectivity index (χ1) is 7.00. The fraction of sp³-hybridized carbons (Fsp3) is 0.364. The van der Waals surface area contributed by atoms with Crippen LogP contribution in [0.5, 0.6) is 0 Å². The summed E-state index contributed by atoms with van der Waals surface area (Å²) in [5.41, 5.74) is 0. The van der Waals surface area contributed by atoms with Crippen LogP contribution in [0.15, 0.2) is 24.3 Å². The molecule has 0 saturated carbocycles. The Morgan fingerprint density at radius 3 is 1.33 bits per heavy atom. The molecule has 88 valence electrons. The smallest absolute Gasteiger partial charge is 0.106 e. The van der Waals surface area contributed by atoms with E-state index in [2.05, 4.69) is 24.3 Å². The van der Waals surface area contributed by atoms with Gasteiger partial charge in [0.2, 0.25) is 0 Å². The monoisotopic (exact) mass is 300 g/mol. The topological polar surface area (TPSA) is 51.2 Å². The molecule has 0 amide bonds. The van der Waals surface area contributed by atoms with Crippen LogP contribution in [0.3, 0.4) is 0 Å². The van der Waals surface area contributed by atoms with E-state index in [1.807, 2.05) is 20.4 Å². The molecule has 1 aliphatic carbocycles. The molecule has 0 spiro atoms. The summed E-state index contributed by atoms with van der Waals surface area (Å²) in [4.78, 5) is 24.0. The molecule has 0 unspecified atom stereocenters. The van der Waals surface area contributed by atoms with Crippen LogP contribution in [0.25, 0.3) is 0 Å². The van der Waals surface area contributed by atoms with E-state index in [4.69, 9.17) is 14.4 Å². The summed E-state index contributed by atoms with van der Waals surface area (Å²) < 4.78 is 0. The maximum atomic E-state index is 8.00. The number of allylic oxidation sites excluding steroid dienone is 4. The van der Waals surface area contributed by atoms with Crippen molar-refractivity contribution in [2.45, 2.75) is 25.7 Å². The van der Waals surface area contributed by atoms with Crippen molar-refractivity contribution in [3.05, 3.63) is 24.3 Å². The number of hydrogen-bond acceptors (Lipinski definition) is 3. The van der Waals surface area contributed by atoms with Crippen LogP contribution in [0, 0.1) is 0 Å². The van der Waals surface area contributed by atoms with Crippen LogP contribution in [0.1, 0.15) is 25.7 Å². The minimum Gasteiger partial charge on any atom is -0.307 e. The minimum absolute atomic E-state index is 0. The van der Waals surface area contributed by atoms with Crippen molar-refractivity contribution in [1.29, 1.82) is 0 Å². The normalized spacial score (nSPS) is 13.6. The van der Waals surface area contributed by atoms with Gasteiger partial charge in [-0.15, -0.1) is 0 Å². The first-order valence-corrected chi connectivity index (χ1v) is 4.17. The molecule has 0 aliphatic heterocycles. The Balaban J connectivity index is -0.0000000755. The number of hydrogen-bond donors (Lipinski definition) is 0. The fourth-order valence-corrected chi connectivity index (χ4v) is 0.860. The molecular formula is C11H18O3Ru. The van der Waals surface area contributed by atoms with Crippen LogP contribution in [-0.2, 0) is 33.9 Å². The van der Waals surface area contributed by atoms with Gasteiger partial charge in [-0.05, 0) is 25.7 Å². The Bertz CT molecular complexity index is 130. The molecule has 3 nitrogen and oxygen atoms in total. The van der Waals surface area contributed by atoms with E-state index in [1.54, 1.807) is 0 Å². The molecule has 0 saturated heterocycles. The van der Waals surface area contributed by atoms with Crippen LogP contribution in [0.2, 0.25) is 0 Å². The number of carbonyl (C=O) groups excluding carboxylic acids is 3. The second kappa shape index (κ2) is 38.0. The van der Waals surface area contributed by atoms with Crippen molar-refractivity contribution in [2.24, 2.45) is 0 Å². The van der Waals surface area contributed by atoms with Gasteiger partial charge in [0.05, 0.1) is 0 Å². The zero-order valence-electron chi connectivity index (χ0n) is 8.84. The quantitative estimate of drug-likeness (QED) is 0.508. The molecule has 0 fully saturated rings. The Morgan fingerprint density at radius 1 is 0.667 bits per heavy atom. The number of carbonyl (C=O) groups is 3. The maximum Gasteiger partial charge on any atom is 0.106 e. The van der Waals surface area contributed by atoms with E-state index < -0.39 is 0 Å². The third-order valence-electron chi connectivity index (χ3n) is 1.35.